The minimum Gasteiger partial charge on any atom is -0.500 e. The summed E-state index contributed by atoms with van der Waals surface area (Å²) in [6.45, 7) is 2.96. The fourth-order valence-electron chi connectivity index (χ4n) is 2.17. The third-order valence-corrected chi connectivity index (χ3v) is 4.66. The molecule has 1 atom stereocenters. The van der Waals surface area contributed by atoms with E-state index in [0.717, 1.165) is 6.61 Å². The molecule has 0 spiro atoms. The average molecular weight is 262 g/mol. The van der Waals surface area contributed by atoms with Crippen LogP contribution in [0.2, 0.25) is 0 Å². The summed E-state index contributed by atoms with van der Waals surface area (Å²) < 4.78 is 5.76. The molecule has 1 saturated heterocycles. The van der Waals surface area contributed by atoms with Crippen LogP contribution < -0.4 is 0 Å². The van der Waals surface area contributed by atoms with Crippen molar-refractivity contribution in [3.05, 3.63) is 42.2 Å². The first kappa shape index (κ1) is 13.5. The molecule has 1 fully saturated rings. The van der Waals surface area contributed by atoms with E-state index in [9.17, 15) is 0 Å². The molecular weight excluding hydrogens is 240 g/mol. The lowest BCUT2D eigenvalue weighted by Crippen LogP contribution is -2.09. The van der Waals surface area contributed by atoms with Gasteiger partial charge in [-0.2, -0.15) is 11.8 Å². The Bertz CT molecular complexity index is 364. The first-order chi connectivity index (χ1) is 8.86. The summed E-state index contributed by atoms with van der Waals surface area (Å²) in [5.41, 5.74) is 2.44. The van der Waals surface area contributed by atoms with Crippen LogP contribution >= 0.6 is 11.8 Å². The van der Waals surface area contributed by atoms with Gasteiger partial charge in [0.2, 0.25) is 0 Å². The van der Waals surface area contributed by atoms with Crippen LogP contribution in [0.15, 0.2) is 36.6 Å². The van der Waals surface area contributed by atoms with Gasteiger partial charge in [-0.15, -0.1) is 0 Å². The number of ether oxygens (including phenoxy) is 1. The summed E-state index contributed by atoms with van der Waals surface area (Å²) in [6, 6.07) is 10.4. The van der Waals surface area contributed by atoms with Gasteiger partial charge in [0.05, 0.1) is 12.9 Å². The molecule has 2 heteroatoms. The maximum Gasteiger partial charge on any atom is 0.0991 e. The Morgan fingerprint density at radius 3 is 2.94 bits per heavy atom. The summed E-state index contributed by atoms with van der Waals surface area (Å²) in [5, 5.41) is 0.687. The third kappa shape index (κ3) is 4.41. The van der Waals surface area contributed by atoms with E-state index in [4.69, 9.17) is 4.74 Å². The van der Waals surface area contributed by atoms with Crippen molar-refractivity contribution < 1.29 is 4.74 Å². The number of benzene rings is 1. The third-order valence-electron chi connectivity index (χ3n) is 3.30. The van der Waals surface area contributed by atoms with Gasteiger partial charge in [-0.05, 0) is 36.7 Å². The van der Waals surface area contributed by atoms with Crippen molar-refractivity contribution in [1.29, 1.82) is 0 Å². The second-order valence-corrected chi connectivity index (χ2v) is 6.25. The van der Waals surface area contributed by atoms with E-state index in [1.807, 2.05) is 12.3 Å². The van der Waals surface area contributed by atoms with Crippen LogP contribution in [0.5, 0.6) is 0 Å². The Morgan fingerprint density at radius 1 is 1.28 bits per heavy atom. The van der Waals surface area contributed by atoms with Gasteiger partial charge in [-0.1, -0.05) is 43.2 Å². The fraction of sp³-hybridized carbons (Fsp3) is 0.500. The van der Waals surface area contributed by atoms with Gasteiger partial charge in [0.1, 0.15) is 0 Å². The highest BCUT2D eigenvalue weighted by Crippen LogP contribution is 2.24. The molecule has 1 aromatic rings. The lowest BCUT2D eigenvalue weighted by Gasteiger charge is -2.13. The molecule has 18 heavy (non-hydrogen) atoms. The largest absolute Gasteiger partial charge is 0.500 e. The van der Waals surface area contributed by atoms with E-state index in [0.29, 0.717) is 5.25 Å². The van der Waals surface area contributed by atoms with Gasteiger partial charge in [0, 0.05) is 5.25 Å². The second-order valence-electron chi connectivity index (χ2n) is 4.84. The maximum atomic E-state index is 5.76. The molecule has 1 heterocycles. The van der Waals surface area contributed by atoms with E-state index in [-0.39, 0.29) is 0 Å². The van der Waals surface area contributed by atoms with Crippen LogP contribution in [0, 0.1) is 0 Å². The number of hydrogen-bond acceptors (Lipinski definition) is 2. The summed E-state index contributed by atoms with van der Waals surface area (Å²) in [7, 11) is 0. The summed E-state index contributed by atoms with van der Waals surface area (Å²) in [6.07, 6.45) is 7.36. The van der Waals surface area contributed by atoms with E-state index < -0.39 is 0 Å². The topological polar surface area (TPSA) is 9.23 Å². The SMILES string of the molecule is C/C(=C/OCC1CCCCCS1)c1ccccc1. The molecule has 1 nitrogen and oxygen atoms in total. The average Bonchev–Trinajstić information content (AvgIpc) is 2.68. The first-order valence-corrected chi connectivity index (χ1v) is 7.86. The van der Waals surface area contributed by atoms with E-state index in [1.54, 1.807) is 0 Å². The molecule has 0 radical (unpaired) electrons. The standard InChI is InChI=1S/C16H22OS/c1-14(15-8-4-2-5-9-15)12-17-13-16-10-6-3-7-11-18-16/h2,4-5,8-9,12,16H,3,6-7,10-11,13H2,1H3/b14-12-. The zero-order chi connectivity index (χ0) is 12.6. The van der Waals surface area contributed by atoms with Crippen molar-refractivity contribution in [2.24, 2.45) is 0 Å². The number of allylic oxidation sites excluding steroid dienone is 1. The minimum atomic E-state index is 0.687. The van der Waals surface area contributed by atoms with Crippen molar-refractivity contribution in [3.8, 4) is 0 Å². The molecule has 98 valence electrons. The van der Waals surface area contributed by atoms with Gasteiger partial charge < -0.3 is 4.74 Å². The van der Waals surface area contributed by atoms with Crippen molar-refractivity contribution in [1.82, 2.24) is 0 Å². The van der Waals surface area contributed by atoms with Gasteiger partial charge >= 0.3 is 0 Å². The molecule has 0 bridgehead atoms. The normalized spacial score (nSPS) is 21.4. The molecule has 0 amide bonds. The van der Waals surface area contributed by atoms with Crippen LogP contribution in [-0.4, -0.2) is 17.6 Å². The van der Waals surface area contributed by atoms with Crippen LogP contribution in [0.1, 0.15) is 38.2 Å². The Hall–Kier alpha value is -0.890. The summed E-state index contributed by atoms with van der Waals surface area (Å²) in [5.74, 6) is 1.30. The molecule has 0 aliphatic carbocycles. The first-order valence-electron chi connectivity index (χ1n) is 6.81. The smallest absolute Gasteiger partial charge is 0.0991 e. The molecule has 0 aromatic heterocycles. The second kappa shape index (κ2) is 7.52. The highest BCUT2D eigenvalue weighted by molar-refractivity contribution is 7.99. The summed E-state index contributed by atoms with van der Waals surface area (Å²) in [4.78, 5) is 0. The zero-order valence-electron chi connectivity index (χ0n) is 11.1. The van der Waals surface area contributed by atoms with Gasteiger partial charge in [-0.25, -0.2) is 0 Å². The quantitative estimate of drug-likeness (QED) is 0.725. The molecule has 1 aliphatic heterocycles. The molecule has 1 aromatic carbocycles. The molecule has 2 rings (SSSR count). The maximum absolute atomic E-state index is 5.76. The fourth-order valence-corrected chi connectivity index (χ4v) is 3.38. The van der Waals surface area contributed by atoms with Crippen molar-refractivity contribution in [2.75, 3.05) is 12.4 Å². The van der Waals surface area contributed by atoms with Gasteiger partial charge in [0.25, 0.3) is 0 Å². The Kier molecular flexibility index (Phi) is 5.66. The van der Waals surface area contributed by atoms with Crippen molar-refractivity contribution in [2.45, 2.75) is 37.9 Å². The van der Waals surface area contributed by atoms with Crippen LogP contribution in [-0.2, 0) is 4.74 Å². The molecule has 1 aliphatic rings. The Morgan fingerprint density at radius 2 is 2.11 bits per heavy atom. The highest BCUT2D eigenvalue weighted by atomic mass is 32.2. The molecular formula is C16H22OS. The van der Waals surface area contributed by atoms with Crippen molar-refractivity contribution in [3.63, 3.8) is 0 Å². The predicted octanol–water partition coefficient (Wildman–Crippen LogP) is 4.74. The minimum absolute atomic E-state index is 0.687. The zero-order valence-corrected chi connectivity index (χ0v) is 11.9. The lowest BCUT2D eigenvalue weighted by molar-refractivity contribution is 0.247. The van der Waals surface area contributed by atoms with Crippen LogP contribution in [0.25, 0.3) is 5.57 Å². The number of rotatable bonds is 4. The molecule has 1 unspecified atom stereocenters. The predicted molar refractivity (Wildman–Crippen MR) is 80.8 cm³/mol. The Labute approximate surface area is 115 Å². The van der Waals surface area contributed by atoms with E-state index >= 15 is 0 Å². The van der Waals surface area contributed by atoms with E-state index in [2.05, 4.69) is 43.0 Å². The lowest BCUT2D eigenvalue weighted by atomic mass is 10.1. The number of hydrogen-bond donors (Lipinski definition) is 0. The van der Waals surface area contributed by atoms with Crippen molar-refractivity contribution >= 4 is 17.3 Å². The summed E-state index contributed by atoms with van der Waals surface area (Å²) >= 11 is 2.08. The monoisotopic (exact) mass is 262 g/mol. The van der Waals surface area contributed by atoms with Crippen LogP contribution in [0.3, 0.4) is 0 Å². The van der Waals surface area contributed by atoms with Gasteiger partial charge in [-0.3, -0.25) is 0 Å². The highest BCUT2D eigenvalue weighted by Gasteiger charge is 2.12. The Balaban J connectivity index is 1.79. The van der Waals surface area contributed by atoms with Gasteiger partial charge in [0.15, 0.2) is 0 Å². The van der Waals surface area contributed by atoms with Crippen LogP contribution in [0.4, 0.5) is 0 Å². The molecule has 0 N–H and O–H groups in total. The number of thioether (sulfide) groups is 1. The molecule has 0 saturated carbocycles. The van der Waals surface area contributed by atoms with E-state index in [1.165, 1.54) is 42.6 Å².